The Morgan fingerprint density at radius 2 is 1.71 bits per heavy atom. The highest BCUT2D eigenvalue weighted by molar-refractivity contribution is 6.30. The van der Waals surface area contributed by atoms with Gasteiger partial charge in [0.25, 0.3) is 5.91 Å². The van der Waals surface area contributed by atoms with Crippen molar-refractivity contribution in [3.05, 3.63) is 64.7 Å². The molecule has 0 atom stereocenters. The second kappa shape index (κ2) is 6.90. The summed E-state index contributed by atoms with van der Waals surface area (Å²) in [6, 6.07) is 14.5. The lowest BCUT2D eigenvalue weighted by atomic mass is 10.2. The molecule has 1 N–H and O–H groups in total. The third-order valence-corrected chi connectivity index (χ3v) is 3.15. The number of benzene rings is 2. The highest BCUT2D eigenvalue weighted by Gasteiger charge is 2.04. The molecule has 21 heavy (non-hydrogen) atoms. The predicted molar refractivity (Wildman–Crippen MR) is 87.3 cm³/mol. The maximum Gasteiger partial charge on any atom is 0.271 e. The predicted octanol–water partition coefficient (Wildman–Crippen LogP) is 3.17. The molecule has 4 nitrogen and oxygen atoms in total. The average Bonchev–Trinajstić information content (AvgIpc) is 2.49. The van der Waals surface area contributed by atoms with Crippen LogP contribution >= 0.6 is 11.6 Å². The number of carbonyl (C=O) groups excluding carboxylic acids is 1. The van der Waals surface area contributed by atoms with Gasteiger partial charge in [-0.15, -0.1) is 0 Å². The van der Waals surface area contributed by atoms with Crippen molar-refractivity contribution in [2.45, 2.75) is 0 Å². The Kier molecular flexibility index (Phi) is 4.95. The van der Waals surface area contributed by atoms with E-state index in [0.717, 1.165) is 11.3 Å². The smallest absolute Gasteiger partial charge is 0.271 e. The summed E-state index contributed by atoms with van der Waals surface area (Å²) in [4.78, 5) is 13.9. The van der Waals surface area contributed by atoms with Gasteiger partial charge in [0, 0.05) is 30.4 Å². The fraction of sp³-hybridized carbons (Fsp3) is 0.125. The zero-order valence-electron chi connectivity index (χ0n) is 11.9. The summed E-state index contributed by atoms with van der Waals surface area (Å²) in [5.41, 5.74) is 4.96. The van der Waals surface area contributed by atoms with Crippen LogP contribution in [0.1, 0.15) is 15.9 Å². The van der Waals surface area contributed by atoms with Gasteiger partial charge in [-0.1, -0.05) is 23.7 Å². The number of hydrogen-bond donors (Lipinski definition) is 1. The van der Waals surface area contributed by atoms with Crippen LogP contribution in [-0.4, -0.2) is 26.2 Å². The zero-order chi connectivity index (χ0) is 15.2. The maximum atomic E-state index is 11.9. The van der Waals surface area contributed by atoms with E-state index in [2.05, 4.69) is 10.5 Å². The maximum absolute atomic E-state index is 11.9. The van der Waals surface area contributed by atoms with Gasteiger partial charge in [-0.3, -0.25) is 4.79 Å². The molecule has 0 bridgehead atoms. The molecule has 0 radical (unpaired) electrons. The van der Waals surface area contributed by atoms with E-state index < -0.39 is 0 Å². The van der Waals surface area contributed by atoms with Gasteiger partial charge >= 0.3 is 0 Å². The van der Waals surface area contributed by atoms with E-state index >= 15 is 0 Å². The molecule has 5 heteroatoms. The quantitative estimate of drug-likeness (QED) is 0.696. The van der Waals surface area contributed by atoms with E-state index in [1.54, 1.807) is 30.5 Å². The van der Waals surface area contributed by atoms with E-state index in [9.17, 15) is 4.79 Å². The SMILES string of the molecule is CN(C)c1ccc(C(=O)NN=Cc2ccc(Cl)cc2)cc1. The Labute approximate surface area is 129 Å². The van der Waals surface area contributed by atoms with E-state index in [4.69, 9.17) is 11.6 Å². The number of amides is 1. The molecule has 0 aliphatic carbocycles. The first-order valence-electron chi connectivity index (χ1n) is 6.42. The molecule has 1 amide bonds. The zero-order valence-corrected chi connectivity index (χ0v) is 12.6. The number of rotatable bonds is 4. The fourth-order valence-electron chi connectivity index (χ4n) is 1.69. The first-order valence-corrected chi connectivity index (χ1v) is 6.80. The van der Waals surface area contributed by atoms with Crippen molar-refractivity contribution in [2.24, 2.45) is 5.10 Å². The van der Waals surface area contributed by atoms with Gasteiger partial charge in [0.15, 0.2) is 0 Å². The molecule has 0 heterocycles. The van der Waals surface area contributed by atoms with Crippen molar-refractivity contribution in [1.29, 1.82) is 0 Å². The molecule has 0 saturated heterocycles. The Morgan fingerprint density at radius 1 is 1.10 bits per heavy atom. The van der Waals surface area contributed by atoms with Gasteiger partial charge in [-0.2, -0.15) is 5.10 Å². The summed E-state index contributed by atoms with van der Waals surface area (Å²) in [6.07, 6.45) is 1.57. The highest BCUT2D eigenvalue weighted by atomic mass is 35.5. The van der Waals surface area contributed by atoms with E-state index in [1.165, 1.54) is 0 Å². The number of hydrogen-bond acceptors (Lipinski definition) is 3. The van der Waals surface area contributed by atoms with E-state index in [1.807, 2.05) is 43.3 Å². The molecule has 0 aromatic heterocycles. The number of carbonyl (C=O) groups is 1. The highest BCUT2D eigenvalue weighted by Crippen LogP contribution is 2.12. The largest absolute Gasteiger partial charge is 0.378 e. The molecule has 0 aliphatic heterocycles. The van der Waals surface area contributed by atoms with Crippen molar-refractivity contribution in [2.75, 3.05) is 19.0 Å². The Hall–Kier alpha value is -2.33. The van der Waals surface area contributed by atoms with Crippen molar-refractivity contribution in [3.63, 3.8) is 0 Å². The normalized spacial score (nSPS) is 10.6. The van der Waals surface area contributed by atoms with Crippen molar-refractivity contribution >= 4 is 29.4 Å². The lowest BCUT2D eigenvalue weighted by molar-refractivity contribution is 0.0955. The second-order valence-corrected chi connectivity index (χ2v) is 5.13. The molecular formula is C16H16ClN3O. The van der Waals surface area contributed by atoms with Crippen LogP contribution in [-0.2, 0) is 0 Å². The molecular weight excluding hydrogens is 286 g/mol. The fourth-order valence-corrected chi connectivity index (χ4v) is 1.82. The van der Waals surface area contributed by atoms with Crippen molar-refractivity contribution in [1.82, 2.24) is 5.43 Å². The van der Waals surface area contributed by atoms with E-state index in [0.29, 0.717) is 10.6 Å². The van der Waals surface area contributed by atoms with Crippen LogP contribution in [0.15, 0.2) is 53.6 Å². The number of nitrogens with one attached hydrogen (secondary N) is 1. The van der Waals surface area contributed by atoms with Gasteiger partial charge in [-0.25, -0.2) is 5.43 Å². The van der Waals surface area contributed by atoms with Crippen molar-refractivity contribution in [3.8, 4) is 0 Å². The summed E-state index contributed by atoms with van der Waals surface area (Å²) in [5, 5.41) is 4.59. The molecule has 2 aromatic carbocycles. The van der Waals surface area contributed by atoms with Crippen LogP contribution in [0.25, 0.3) is 0 Å². The van der Waals surface area contributed by atoms with Crippen LogP contribution < -0.4 is 10.3 Å². The van der Waals surface area contributed by atoms with Gasteiger partial charge in [0.1, 0.15) is 0 Å². The van der Waals surface area contributed by atoms with Crippen LogP contribution in [0.2, 0.25) is 5.02 Å². The molecule has 0 fully saturated rings. The molecule has 0 aliphatic rings. The number of nitrogens with zero attached hydrogens (tertiary/aromatic N) is 2. The first-order chi connectivity index (χ1) is 10.1. The monoisotopic (exact) mass is 301 g/mol. The number of hydrazone groups is 1. The molecule has 0 saturated carbocycles. The molecule has 0 spiro atoms. The van der Waals surface area contributed by atoms with Gasteiger partial charge < -0.3 is 4.90 Å². The Bertz CT molecular complexity index is 634. The summed E-state index contributed by atoms with van der Waals surface area (Å²) in [6.45, 7) is 0. The lowest BCUT2D eigenvalue weighted by Gasteiger charge is -2.12. The summed E-state index contributed by atoms with van der Waals surface area (Å²) >= 11 is 5.79. The number of halogens is 1. The second-order valence-electron chi connectivity index (χ2n) is 4.69. The van der Waals surface area contributed by atoms with Gasteiger partial charge in [0.2, 0.25) is 0 Å². The summed E-state index contributed by atoms with van der Waals surface area (Å²) in [5.74, 6) is -0.245. The minimum atomic E-state index is -0.245. The lowest BCUT2D eigenvalue weighted by Crippen LogP contribution is -2.17. The molecule has 108 valence electrons. The average molecular weight is 302 g/mol. The molecule has 2 rings (SSSR count). The Morgan fingerprint density at radius 3 is 2.29 bits per heavy atom. The van der Waals surface area contributed by atoms with Crippen LogP contribution in [0, 0.1) is 0 Å². The minimum absolute atomic E-state index is 0.245. The minimum Gasteiger partial charge on any atom is -0.378 e. The number of anilines is 1. The first kappa shape index (κ1) is 15.1. The van der Waals surface area contributed by atoms with Crippen molar-refractivity contribution < 1.29 is 4.79 Å². The Balaban J connectivity index is 1.96. The third-order valence-electron chi connectivity index (χ3n) is 2.90. The van der Waals surface area contributed by atoms with Crippen LogP contribution in [0.5, 0.6) is 0 Å². The van der Waals surface area contributed by atoms with E-state index in [-0.39, 0.29) is 5.91 Å². The summed E-state index contributed by atoms with van der Waals surface area (Å²) in [7, 11) is 3.90. The van der Waals surface area contributed by atoms with Crippen LogP contribution in [0.4, 0.5) is 5.69 Å². The standard InChI is InChI=1S/C16H16ClN3O/c1-20(2)15-9-5-13(6-10-15)16(21)19-18-11-12-3-7-14(17)8-4-12/h3-11H,1-2H3,(H,19,21). The summed E-state index contributed by atoms with van der Waals surface area (Å²) < 4.78 is 0. The molecule has 2 aromatic rings. The molecule has 0 unspecified atom stereocenters. The van der Waals surface area contributed by atoms with Crippen LogP contribution in [0.3, 0.4) is 0 Å². The van der Waals surface area contributed by atoms with Gasteiger partial charge in [-0.05, 0) is 42.0 Å². The van der Waals surface area contributed by atoms with Gasteiger partial charge in [0.05, 0.1) is 6.21 Å². The topological polar surface area (TPSA) is 44.7 Å². The third kappa shape index (κ3) is 4.33.